The van der Waals surface area contributed by atoms with Crippen molar-refractivity contribution in [2.75, 3.05) is 6.54 Å². The SMILES string of the molecule is Cc1ccc2nc3c(c(C(=O)NCC(=O)NC(C)(C)C)c2c1)CCCC3. The lowest BCUT2D eigenvalue weighted by atomic mass is 9.89. The molecule has 1 aliphatic carbocycles. The Morgan fingerprint density at radius 1 is 1.15 bits per heavy atom. The minimum Gasteiger partial charge on any atom is -0.350 e. The maximum absolute atomic E-state index is 13.0. The van der Waals surface area contributed by atoms with Gasteiger partial charge < -0.3 is 10.6 Å². The van der Waals surface area contributed by atoms with E-state index in [0.717, 1.165) is 53.4 Å². The molecule has 1 aromatic carbocycles. The van der Waals surface area contributed by atoms with Crippen molar-refractivity contribution in [3.8, 4) is 0 Å². The maximum Gasteiger partial charge on any atom is 0.252 e. The molecule has 0 saturated heterocycles. The number of pyridine rings is 1. The van der Waals surface area contributed by atoms with Crippen molar-refractivity contribution in [2.45, 2.75) is 58.9 Å². The van der Waals surface area contributed by atoms with Gasteiger partial charge in [0.15, 0.2) is 0 Å². The average molecular weight is 353 g/mol. The molecule has 2 amide bonds. The fourth-order valence-corrected chi connectivity index (χ4v) is 3.51. The van der Waals surface area contributed by atoms with Gasteiger partial charge in [0, 0.05) is 16.6 Å². The van der Waals surface area contributed by atoms with Crippen molar-refractivity contribution in [3.05, 3.63) is 40.6 Å². The molecule has 1 aromatic heterocycles. The first-order valence-electron chi connectivity index (χ1n) is 9.26. The van der Waals surface area contributed by atoms with E-state index in [2.05, 4.69) is 10.6 Å². The van der Waals surface area contributed by atoms with Crippen LogP contribution < -0.4 is 10.6 Å². The number of nitrogens with zero attached hydrogens (tertiary/aromatic N) is 1. The van der Waals surface area contributed by atoms with Crippen molar-refractivity contribution >= 4 is 22.7 Å². The highest BCUT2D eigenvalue weighted by atomic mass is 16.2. The summed E-state index contributed by atoms with van der Waals surface area (Å²) in [6, 6.07) is 6.01. The number of fused-ring (bicyclic) bond motifs is 2. The highest BCUT2D eigenvalue weighted by molar-refractivity contribution is 6.08. The largest absolute Gasteiger partial charge is 0.350 e. The molecule has 1 aliphatic rings. The lowest BCUT2D eigenvalue weighted by Gasteiger charge is -2.22. The molecule has 3 rings (SSSR count). The zero-order valence-corrected chi connectivity index (χ0v) is 16.0. The van der Waals surface area contributed by atoms with Crippen molar-refractivity contribution in [2.24, 2.45) is 0 Å². The Morgan fingerprint density at radius 3 is 2.62 bits per heavy atom. The number of carbonyl (C=O) groups is 2. The van der Waals surface area contributed by atoms with Crippen LogP contribution in [-0.4, -0.2) is 28.9 Å². The molecule has 5 nitrogen and oxygen atoms in total. The van der Waals surface area contributed by atoms with Gasteiger partial charge in [0.25, 0.3) is 5.91 Å². The highest BCUT2D eigenvalue weighted by Crippen LogP contribution is 2.29. The average Bonchev–Trinajstić information content (AvgIpc) is 2.56. The van der Waals surface area contributed by atoms with E-state index in [1.54, 1.807) is 0 Å². The first kappa shape index (κ1) is 18.4. The molecule has 0 fully saturated rings. The summed E-state index contributed by atoms with van der Waals surface area (Å²) in [4.78, 5) is 29.8. The third-order valence-corrected chi connectivity index (χ3v) is 4.57. The maximum atomic E-state index is 13.0. The topological polar surface area (TPSA) is 71.1 Å². The number of rotatable bonds is 3. The second-order valence-electron chi connectivity index (χ2n) is 8.12. The molecule has 0 bridgehead atoms. The summed E-state index contributed by atoms with van der Waals surface area (Å²) in [5, 5.41) is 6.55. The molecular weight excluding hydrogens is 326 g/mol. The van der Waals surface area contributed by atoms with E-state index in [1.807, 2.05) is 45.9 Å². The van der Waals surface area contributed by atoms with E-state index >= 15 is 0 Å². The number of benzene rings is 1. The summed E-state index contributed by atoms with van der Waals surface area (Å²) in [5.41, 5.74) is 4.38. The van der Waals surface area contributed by atoms with Crippen molar-refractivity contribution in [3.63, 3.8) is 0 Å². The van der Waals surface area contributed by atoms with Crippen LogP contribution in [0.4, 0.5) is 0 Å². The summed E-state index contributed by atoms with van der Waals surface area (Å²) in [7, 11) is 0. The second kappa shape index (κ2) is 7.06. The molecule has 0 saturated carbocycles. The molecule has 26 heavy (non-hydrogen) atoms. The first-order chi connectivity index (χ1) is 12.2. The van der Waals surface area contributed by atoms with Gasteiger partial charge >= 0.3 is 0 Å². The highest BCUT2D eigenvalue weighted by Gasteiger charge is 2.23. The summed E-state index contributed by atoms with van der Waals surface area (Å²) < 4.78 is 0. The van der Waals surface area contributed by atoms with Crippen LogP contribution >= 0.6 is 0 Å². The Hall–Kier alpha value is -2.43. The minimum absolute atomic E-state index is 0.0273. The number of aromatic nitrogens is 1. The van der Waals surface area contributed by atoms with Crippen LogP contribution in [-0.2, 0) is 17.6 Å². The Balaban J connectivity index is 1.93. The molecule has 0 aliphatic heterocycles. The molecule has 0 atom stereocenters. The van der Waals surface area contributed by atoms with Gasteiger partial charge in [-0.3, -0.25) is 14.6 Å². The van der Waals surface area contributed by atoms with Gasteiger partial charge in [-0.15, -0.1) is 0 Å². The third kappa shape index (κ3) is 4.03. The van der Waals surface area contributed by atoms with Crippen molar-refractivity contribution in [1.29, 1.82) is 0 Å². The summed E-state index contributed by atoms with van der Waals surface area (Å²) in [5.74, 6) is -0.375. The number of hydrogen-bond acceptors (Lipinski definition) is 3. The molecule has 1 heterocycles. The predicted octanol–water partition coefficient (Wildman–Crippen LogP) is 3.07. The summed E-state index contributed by atoms with van der Waals surface area (Å²) in [6.45, 7) is 7.74. The zero-order valence-electron chi connectivity index (χ0n) is 16.0. The van der Waals surface area contributed by atoms with Crippen molar-refractivity contribution < 1.29 is 9.59 Å². The lowest BCUT2D eigenvalue weighted by Crippen LogP contribution is -2.46. The Kier molecular flexibility index (Phi) is 4.99. The summed E-state index contributed by atoms with van der Waals surface area (Å²) in [6.07, 6.45) is 3.94. The molecule has 138 valence electrons. The fraction of sp³-hybridized carbons (Fsp3) is 0.476. The van der Waals surface area contributed by atoms with Crippen LogP contribution in [0.25, 0.3) is 10.9 Å². The number of aryl methyl sites for hydroxylation is 2. The number of nitrogens with one attached hydrogen (secondary N) is 2. The molecule has 0 radical (unpaired) electrons. The van der Waals surface area contributed by atoms with Gasteiger partial charge in [0.05, 0.1) is 17.6 Å². The van der Waals surface area contributed by atoms with Gasteiger partial charge in [-0.2, -0.15) is 0 Å². The predicted molar refractivity (Wildman–Crippen MR) is 103 cm³/mol. The molecule has 0 unspecified atom stereocenters. The van der Waals surface area contributed by atoms with Gasteiger partial charge in [-0.1, -0.05) is 11.6 Å². The van der Waals surface area contributed by atoms with Gasteiger partial charge in [-0.05, 0) is 71.1 Å². The van der Waals surface area contributed by atoms with E-state index in [1.165, 1.54) is 0 Å². The Morgan fingerprint density at radius 2 is 1.88 bits per heavy atom. The van der Waals surface area contributed by atoms with Crippen LogP contribution in [0.15, 0.2) is 18.2 Å². The van der Waals surface area contributed by atoms with Crippen LogP contribution in [0.3, 0.4) is 0 Å². The van der Waals surface area contributed by atoms with E-state index in [4.69, 9.17) is 4.98 Å². The normalized spacial score (nSPS) is 14.0. The molecular formula is C21H27N3O2. The van der Waals surface area contributed by atoms with Crippen molar-refractivity contribution in [1.82, 2.24) is 15.6 Å². The van der Waals surface area contributed by atoms with E-state index < -0.39 is 0 Å². The summed E-state index contributed by atoms with van der Waals surface area (Å²) >= 11 is 0. The van der Waals surface area contributed by atoms with Gasteiger partial charge in [-0.25, -0.2) is 0 Å². The number of amides is 2. The van der Waals surface area contributed by atoms with Crippen LogP contribution in [0.1, 0.15) is 60.8 Å². The van der Waals surface area contributed by atoms with Crippen LogP contribution in [0.5, 0.6) is 0 Å². The molecule has 2 aromatic rings. The third-order valence-electron chi connectivity index (χ3n) is 4.57. The molecule has 0 spiro atoms. The van der Waals surface area contributed by atoms with E-state index in [-0.39, 0.29) is 23.9 Å². The van der Waals surface area contributed by atoms with E-state index in [9.17, 15) is 9.59 Å². The first-order valence-corrected chi connectivity index (χ1v) is 9.26. The zero-order chi connectivity index (χ0) is 18.9. The van der Waals surface area contributed by atoms with E-state index in [0.29, 0.717) is 5.56 Å². The van der Waals surface area contributed by atoms with Gasteiger partial charge in [0.2, 0.25) is 5.91 Å². The molecule has 2 N–H and O–H groups in total. The van der Waals surface area contributed by atoms with Gasteiger partial charge in [0.1, 0.15) is 0 Å². The standard InChI is InChI=1S/C21H27N3O2/c1-13-9-10-17-15(11-13)19(14-7-5-6-8-16(14)23-17)20(26)22-12-18(25)24-21(2,3)4/h9-11H,5-8,12H2,1-4H3,(H,22,26)(H,24,25). The monoisotopic (exact) mass is 353 g/mol. The minimum atomic E-state index is -0.318. The van der Waals surface area contributed by atoms with Crippen LogP contribution in [0, 0.1) is 6.92 Å². The Labute approximate surface area is 154 Å². The quantitative estimate of drug-likeness (QED) is 0.891. The Bertz CT molecular complexity index is 866. The fourth-order valence-electron chi connectivity index (χ4n) is 3.51. The lowest BCUT2D eigenvalue weighted by molar-refractivity contribution is -0.121. The smallest absolute Gasteiger partial charge is 0.252 e. The second-order valence-corrected chi connectivity index (χ2v) is 8.12. The number of carbonyl (C=O) groups excluding carboxylic acids is 2. The molecule has 5 heteroatoms. The number of hydrogen-bond donors (Lipinski definition) is 2. The van der Waals surface area contributed by atoms with Crippen LogP contribution in [0.2, 0.25) is 0 Å².